The molecule has 1 rings (SSSR count). The van der Waals surface area contributed by atoms with Gasteiger partial charge >= 0.3 is 5.97 Å². The molecule has 0 saturated heterocycles. The number of nitrogens with two attached hydrogens (primary N) is 1. The van der Waals surface area contributed by atoms with E-state index >= 15 is 0 Å². The Morgan fingerprint density at radius 1 is 1.35 bits per heavy atom. The monoisotopic (exact) mass is 237 g/mol. The van der Waals surface area contributed by atoms with Crippen molar-refractivity contribution in [2.45, 2.75) is 19.4 Å². The molecule has 0 bridgehead atoms. The molecule has 1 aromatic carbocycles. The number of hydrogen-bond donors (Lipinski definition) is 1. The molecule has 1 atom stereocenters. The Morgan fingerprint density at radius 2 is 2.00 bits per heavy atom. The number of carbonyl (C=O) groups excluding carboxylic acids is 2. The quantitative estimate of drug-likeness (QED) is 0.763. The summed E-state index contributed by atoms with van der Waals surface area (Å²) in [5, 5.41) is 0. The Morgan fingerprint density at radius 3 is 2.59 bits per heavy atom. The van der Waals surface area contributed by atoms with Crippen molar-refractivity contribution >= 4 is 11.9 Å². The maximum atomic E-state index is 11.5. The predicted octanol–water partition coefficient (Wildman–Crippen LogP) is 0.655. The second kappa shape index (κ2) is 5.89. The molecule has 0 aliphatic carbocycles. The molecule has 92 valence electrons. The fourth-order valence-corrected chi connectivity index (χ4v) is 1.30. The first-order valence-electron chi connectivity index (χ1n) is 5.15. The minimum absolute atomic E-state index is 0.0433. The molecule has 0 fully saturated rings. The van der Waals surface area contributed by atoms with Crippen molar-refractivity contribution in [2.24, 2.45) is 5.73 Å². The van der Waals surface area contributed by atoms with Crippen LogP contribution in [-0.2, 0) is 20.7 Å². The van der Waals surface area contributed by atoms with Crippen molar-refractivity contribution in [1.29, 1.82) is 0 Å². The zero-order valence-corrected chi connectivity index (χ0v) is 9.80. The van der Waals surface area contributed by atoms with Gasteiger partial charge in [0, 0.05) is 5.56 Å². The van der Waals surface area contributed by atoms with Crippen LogP contribution in [0.4, 0.5) is 0 Å². The third-order valence-electron chi connectivity index (χ3n) is 2.24. The molecule has 2 N–H and O–H groups in total. The molecular weight excluding hydrogens is 222 g/mol. The minimum atomic E-state index is -0.919. The molecule has 0 aliphatic rings. The molecule has 5 nitrogen and oxygen atoms in total. The lowest BCUT2D eigenvalue weighted by Gasteiger charge is -2.11. The minimum Gasteiger partial charge on any atom is -0.496 e. The Labute approximate surface area is 99.5 Å². The average Bonchev–Trinajstić information content (AvgIpc) is 2.29. The molecular formula is C12H15NO4. The molecule has 0 unspecified atom stereocenters. The highest BCUT2D eigenvalue weighted by atomic mass is 16.5. The first-order chi connectivity index (χ1) is 8.04. The van der Waals surface area contributed by atoms with E-state index in [0.717, 1.165) is 0 Å². The van der Waals surface area contributed by atoms with Crippen LogP contribution in [0.3, 0.4) is 0 Å². The summed E-state index contributed by atoms with van der Waals surface area (Å²) < 4.78 is 9.95. The topological polar surface area (TPSA) is 78.6 Å². The van der Waals surface area contributed by atoms with Crippen molar-refractivity contribution in [3.8, 4) is 5.75 Å². The van der Waals surface area contributed by atoms with Crippen molar-refractivity contribution in [1.82, 2.24) is 0 Å². The van der Waals surface area contributed by atoms with Gasteiger partial charge in [0.1, 0.15) is 5.75 Å². The highest BCUT2D eigenvalue weighted by Crippen LogP contribution is 2.18. The van der Waals surface area contributed by atoms with Crippen molar-refractivity contribution in [3.63, 3.8) is 0 Å². The van der Waals surface area contributed by atoms with Crippen LogP contribution >= 0.6 is 0 Å². The van der Waals surface area contributed by atoms with E-state index in [-0.39, 0.29) is 6.42 Å². The largest absolute Gasteiger partial charge is 0.496 e. The summed E-state index contributed by atoms with van der Waals surface area (Å²) in [5.74, 6) is -0.574. The average molecular weight is 237 g/mol. The lowest BCUT2D eigenvalue weighted by atomic mass is 10.1. The third-order valence-corrected chi connectivity index (χ3v) is 2.24. The zero-order valence-electron chi connectivity index (χ0n) is 9.80. The molecule has 1 amide bonds. The van der Waals surface area contributed by atoms with Gasteiger partial charge in [-0.25, -0.2) is 0 Å². The van der Waals surface area contributed by atoms with Crippen molar-refractivity contribution < 1.29 is 19.1 Å². The Kier molecular flexibility index (Phi) is 4.51. The molecule has 0 spiro atoms. The number of esters is 1. The first-order valence-corrected chi connectivity index (χ1v) is 5.15. The van der Waals surface area contributed by atoms with E-state index in [1.54, 1.807) is 24.3 Å². The number of rotatable bonds is 5. The summed E-state index contributed by atoms with van der Waals surface area (Å²) in [7, 11) is 1.52. The van der Waals surface area contributed by atoms with E-state index in [1.807, 2.05) is 0 Å². The third kappa shape index (κ3) is 3.79. The van der Waals surface area contributed by atoms with Crippen LogP contribution in [0.25, 0.3) is 0 Å². The van der Waals surface area contributed by atoms with E-state index in [0.29, 0.717) is 11.3 Å². The summed E-state index contributed by atoms with van der Waals surface area (Å²) in [4.78, 5) is 22.2. The van der Waals surface area contributed by atoms with Gasteiger partial charge in [0.15, 0.2) is 6.10 Å². The summed E-state index contributed by atoms with van der Waals surface area (Å²) in [6.07, 6.45) is -0.876. The van der Waals surface area contributed by atoms with Gasteiger partial charge in [-0.15, -0.1) is 0 Å². The highest BCUT2D eigenvalue weighted by molar-refractivity contribution is 5.82. The molecule has 17 heavy (non-hydrogen) atoms. The molecule has 0 radical (unpaired) electrons. The Hall–Kier alpha value is -2.04. The fourth-order valence-electron chi connectivity index (χ4n) is 1.30. The van der Waals surface area contributed by atoms with Gasteiger partial charge in [-0.3, -0.25) is 9.59 Å². The number of amides is 1. The van der Waals surface area contributed by atoms with Gasteiger partial charge < -0.3 is 15.2 Å². The molecule has 0 aromatic heterocycles. The number of methoxy groups -OCH3 is 1. The normalized spacial score (nSPS) is 11.6. The smallest absolute Gasteiger partial charge is 0.311 e. The maximum absolute atomic E-state index is 11.5. The SMILES string of the molecule is COc1ccccc1CC(=O)O[C@@H](C)C(N)=O. The Balaban J connectivity index is 2.65. The number of benzene rings is 1. The van der Waals surface area contributed by atoms with Crippen molar-refractivity contribution in [3.05, 3.63) is 29.8 Å². The number of para-hydroxylation sites is 1. The van der Waals surface area contributed by atoms with E-state index in [9.17, 15) is 9.59 Å². The van der Waals surface area contributed by atoms with Crippen LogP contribution in [0.15, 0.2) is 24.3 Å². The summed E-state index contributed by atoms with van der Waals surface area (Å²) in [6.45, 7) is 1.43. The predicted molar refractivity (Wildman–Crippen MR) is 61.4 cm³/mol. The zero-order chi connectivity index (χ0) is 12.8. The van der Waals surface area contributed by atoms with Gasteiger partial charge in [-0.1, -0.05) is 18.2 Å². The Bertz CT molecular complexity index is 417. The lowest BCUT2D eigenvalue weighted by molar-refractivity contribution is -0.153. The highest BCUT2D eigenvalue weighted by Gasteiger charge is 2.16. The second-order valence-electron chi connectivity index (χ2n) is 3.52. The standard InChI is InChI=1S/C12H15NO4/c1-8(12(13)15)17-11(14)7-9-5-3-4-6-10(9)16-2/h3-6,8H,7H2,1-2H3,(H2,13,15)/t8-/m0/s1. The van der Waals surface area contributed by atoms with Crippen LogP contribution in [0, 0.1) is 0 Å². The number of primary amides is 1. The van der Waals surface area contributed by atoms with Crippen molar-refractivity contribution in [2.75, 3.05) is 7.11 Å². The van der Waals surface area contributed by atoms with E-state index in [4.69, 9.17) is 15.2 Å². The summed E-state index contributed by atoms with van der Waals surface area (Å²) >= 11 is 0. The van der Waals surface area contributed by atoms with E-state index < -0.39 is 18.0 Å². The molecule has 0 aliphatic heterocycles. The van der Waals surface area contributed by atoms with Crippen LogP contribution in [0.5, 0.6) is 5.75 Å². The van der Waals surface area contributed by atoms with E-state index in [1.165, 1.54) is 14.0 Å². The maximum Gasteiger partial charge on any atom is 0.311 e. The van der Waals surface area contributed by atoms with Crippen LogP contribution in [-0.4, -0.2) is 25.1 Å². The van der Waals surface area contributed by atoms with Gasteiger partial charge in [0.05, 0.1) is 13.5 Å². The molecule has 1 aromatic rings. The van der Waals surface area contributed by atoms with Crippen LogP contribution < -0.4 is 10.5 Å². The summed E-state index contributed by atoms with van der Waals surface area (Å²) in [5.41, 5.74) is 5.70. The van der Waals surface area contributed by atoms with Crippen LogP contribution in [0.1, 0.15) is 12.5 Å². The molecule has 0 heterocycles. The first kappa shape index (κ1) is 13.0. The summed E-state index contributed by atoms with van der Waals surface area (Å²) in [6, 6.07) is 7.11. The second-order valence-corrected chi connectivity index (χ2v) is 3.52. The van der Waals surface area contributed by atoms with Crippen LogP contribution in [0.2, 0.25) is 0 Å². The fraction of sp³-hybridized carbons (Fsp3) is 0.333. The van der Waals surface area contributed by atoms with E-state index in [2.05, 4.69) is 0 Å². The van der Waals surface area contributed by atoms with Gasteiger partial charge in [-0.05, 0) is 13.0 Å². The van der Waals surface area contributed by atoms with Gasteiger partial charge in [0.2, 0.25) is 0 Å². The molecule has 5 heteroatoms. The molecule has 0 saturated carbocycles. The lowest BCUT2D eigenvalue weighted by Crippen LogP contribution is -2.31. The number of ether oxygens (including phenoxy) is 2. The number of carbonyl (C=O) groups is 2. The van der Waals surface area contributed by atoms with Gasteiger partial charge in [0.25, 0.3) is 5.91 Å². The number of hydrogen-bond acceptors (Lipinski definition) is 4. The van der Waals surface area contributed by atoms with Gasteiger partial charge in [-0.2, -0.15) is 0 Å².